The molecule has 0 saturated carbocycles. The Labute approximate surface area is 193 Å². The van der Waals surface area contributed by atoms with Crippen molar-refractivity contribution in [3.63, 3.8) is 0 Å². The molecule has 1 atom stereocenters. The van der Waals surface area contributed by atoms with Gasteiger partial charge in [-0.15, -0.1) is 0 Å². The first-order valence-corrected chi connectivity index (χ1v) is 9.94. The van der Waals surface area contributed by atoms with Gasteiger partial charge in [-0.1, -0.05) is 18.2 Å². The van der Waals surface area contributed by atoms with Crippen molar-refractivity contribution in [2.24, 2.45) is 0 Å². The van der Waals surface area contributed by atoms with E-state index in [1.165, 1.54) is 13.8 Å². The molecule has 0 aliphatic carbocycles. The zero-order valence-corrected chi connectivity index (χ0v) is 18.1. The molecule has 0 heterocycles. The molecule has 0 radical (unpaired) electrons. The number of nitro groups is 2. The first kappa shape index (κ1) is 23.9. The molecule has 1 N–H and O–H groups in total. The number of ether oxygens (including phenoxy) is 2. The van der Waals surface area contributed by atoms with Crippen LogP contribution in [0.1, 0.15) is 22.8 Å². The van der Waals surface area contributed by atoms with Gasteiger partial charge in [-0.2, -0.15) is 0 Å². The zero-order chi connectivity index (χ0) is 24.8. The maximum atomic E-state index is 12.4. The second-order valence-corrected chi connectivity index (χ2v) is 7.13. The number of nitrogens with one attached hydrogen (secondary N) is 1. The first-order chi connectivity index (χ1) is 16.2. The molecular formula is C23H19N3O8. The Kier molecular flexibility index (Phi) is 7.16. The molecule has 3 rings (SSSR count). The predicted molar refractivity (Wildman–Crippen MR) is 121 cm³/mol. The van der Waals surface area contributed by atoms with E-state index in [9.17, 15) is 29.8 Å². The van der Waals surface area contributed by atoms with Crippen LogP contribution in [0.5, 0.6) is 11.5 Å². The average Bonchev–Trinajstić information content (AvgIpc) is 2.80. The van der Waals surface area contributed by atoms with Gasteiger partial charge >= 0.3 is 5.97 Å². The molecule has 11 heteroatoms. The van der Waals surface area contributed by atoms with Crippen LogP contribution in [-0.2, 0) is 9.53 Å². The van der Waals surface area contributed by atoms with Crippen LogP contribution in [0, 0.1) is 27.2 Å². The van der Waals surface area contributed by atoms with Gasteiger partial charge in [0.25, 0.3) is 17.3 Å². The maximum absolute atomic E-state index is 12.4. The summed E-state index contributed by atoms with van der Waals surface area (Å²) in [6.45, 7) is 2.51. The fourth-order valence-corrected chi connectivity index (χ4v) is 2.94. The Balaban J connectivity index is 1.66. The molecular weight excluding hydrogens is 446 g/mol. The van der Waals surface area contributed by atoms with Gasteiger partial charge < -0.3 is 14.8 Å². The van der Waals surface area contributed by atoms with Crippen LogP contribution < -0.4 is 10.1 Å². The molecule has 0 aromatic heterocycles. The molecule has 11 nitrogen and oxygen atoms in total. The van der Waals surface area contributed by atoms with Crippen LogP contribution in [0.15, 0.2) is 66.7 Å². The summed E-state index contributed by atoms with van der Waals surface area (Å²) in [6, 6.07) is 17.3. The van der Waals surface area contributed by atoms with Gasteiger partial charge in [0.2, 0.25) is 0 Å². The molecule has 1 unspecified atom stereocenters. The van der Waals surface area contributed by atoms with Crippen LogP contribution in [0.25, 0.3) is 0 Å². The zero-order valence-electron chi connectivity index (χ0n) is 18.1. The van der Waals surface area contributed by atoms with Gasteiger partial charge in [-0.3, -0.25) is 25.0 Å². The first-order valence-electron chi connectivity index (χ1n) is 9.94. The van der Waals surface area contributed by atoms with Crippen LogP contribution in [0.2, 0.25) is 0 Å². The lowest BCUT2D eigenvalue weighted by molar-refractivity contribution is -0.395. The number of nitrogens with zero attached hydrogens (tertiary/aromatic N) is 2. The van der Waals surface area contributed by atoms with Crippen molar-refractivity contribution in [2.75, 3.05) is 5.32 Å². The Morgan fingerprint density at radius 1 is 0.882 bits per heavy atom. The minimum atomic E-state index is -1.29. The van der Waals surface area contributed by atoms with Crippen LogP contribution in [0.3, 0.4) is 0 Å². The molecule has 0 saturated heterocycles. The Hall–Kier alpha value is -4.80. The van der Waals surface area contributed by atoms with Crippen molar-refractivity contribution < 1.29 is 28.9 Å². The fraction of sp³-hybridized carbons (Fsp3) is 0.130. The highest BCUT2D eigenvalue weighted by atomic mass is 16.6. The smallest absolute Gasteiger partial charge is 0.339 e. The van der Waals surface area contributed by atoms with Crippen LogP contribution >= 0.6 is 0 Å². The monoisotopic (exact) mass is 465 g/mol. The van der Waals surface area contributed by atoms with E-state index in [-0.39, 0.29) is 5.56 Å². The van der Waals surface area contributed by atoms with Gasteiger partial charge in [0.05, 0.1) is 15.4 Å². The Bertz CT molecular complexity index is 1210. The summed E-state index contributed by atoms with van der Waals surface area (Å²) < 4.78 is 10.7. The third kappa shape index (κ3) is 5.71. The van der Waals surface area contributed by atoms with E-state index in [1.54, 1.807) is 36.4 Å². The lowest BCUT2D eigenvalue weighted by Crippen LogP contribution is -2.30. The minimum absolute atomic E-state index is 0.197. The minimum Gasteiger partial charge on any atom is -0.457 e. The Morgan fingerprint density at radius 3 is 1.94 bits per heavy atom. The summed E-state index contributed by atoms with van der Waals surface area (Å²) in [4.78, 5) is 45.6. The van der Waals surface area contributed by atoms with E-state index in [0.29, 0.717) is 17.2 Å². The largest absolute Gasteiger partial charge is 0.457 e. The van der Waals surface area contributed by atoms with E-state index >= 15 is 0 Å². The number of anilines is 1. The normalized spacial score (nSPS) is 11.2. The molecule has 0 spiro atoms. The third-order valence-electron chi connectivity index (χ3n) is 4.74. The lowest BCUT2D eigenvalue weighted by Gasteiger charge is -2.14. The molecule has 174 valence electrons. The van der Waals surface area contributed by atoms with E-state index < -0.39 is 44.8 Å². The summed E-state index contributed by atoms with van der Waals surface area (Å²) in [5.41, 5.74) is -1.40. The van der Waals surface area contributed by atoms with E-state index in [0.717, 1.165) is 12.1 Å². The number of esters is 1. The van der Waals surface area contributed by atoms with E-state index in [1.807, 2.05) is 18.2 Å². The molecule has 0 bridgehead atoms. The number of nitro benzene ring substituents is 2. The quantitative estimate of drug-likeness (QED) is 0.283. The molecule has 0 aliphatic rings. The fourth-order valence-electron chi connectivity index (χ4n) is 2.94. The number of benzene rings is 3. The highest BCUT2D eigenvalue weighted by Gasteiger charge is 2.27. The number of para-hydroxylation sites is 1. The number of rotatable bonds is 8. The van der Waals surface area contributed by atoms with Crippen LogP contribution in [-0.4, -0.2) is 27.8 Å². The highest BCUT2D eigenvalue weighted by Crippen LogP contribution is 2.30. The Morgan fingerprint density at radius 2 is 1.41 bits per heavy atom. The predicted octanol–water partition coefficient (Wildman–Crippen LogP) is 4.79. The maximum Gasteiger partial charge on any atom is 0.339 e. The van der Waals surface area contributed by atoms with Crippen molar-refractivity contribution >= 4 is 28.9 Å². The third-order valence-corrected chi connectivity index (χ3v) is 4.74. The van der Waals surface area contributed by atoms with Crippen molar-refractivity contribution in [1.29, 1.82) is 0 Å². The molecule has 3 aromatic carbocycles. The average molecular weight is 465 g/mol. The van der Waals surface area contributed by atoms with E-state index in [4.69, 9.17) is 9.47 Å². The highest BCUT2D eigenvalue weighted by molar-refractivity contribution is 5.98. The number of carbonyl (C=O) groups is 2. The van der Waals surface area contributed by atoms with Gasteiger partial charge in [0.1, 0.15) is 17.1 Å². The summed E-state index contributed by atoms with van der Waals surface area (Å²) in [5, 5.41) is 24.9. The molecule has 0 aliphatic heterocycles. The van der Waals surface area contributed by atoms with Crippen molar-refractivity contribution in [1.82, 2.24) is 0 Å². The van der Waals surface area contributed by atoms with Crippen molar-refractivity contribution in [3.8, 4) is 11.5 Å². The second-order valence-electron chi connectivity index (χ2n) is 7.13. The molecule has 34 heavy (non-hydrogen) atoms. The molecule has 1 amide bonds. The van der Waals surface area contributed by atoms with Gasteiger partial charge in [0.15, 0.2) is 6.10 Å². The summed E-state index contributed by atoms with van der Waals surface area (Å²) >= 11 is 0. The summed E-state index contributed by atoms with van der Waals surface area (Å²) in [6.07, 6.45) is -1.29. The molecule has 0 fully saturated rings. The standard InChI is InChI=1S/C23H19N3O8/c1-14-20(25(29)30)12-16(13-21(14)26(31)32)23(28)33-15(2)22(27)24-17-8-10-19(11-9-17)34-18-6-4-3-5-7-18/h3-13,15H,1-2H3,(H,24,27). The van der Waals surface area contributed by atoms with Crippen molar-refractivity contribution in [3.05, 3.63) is 98.1 Å². The summed E-state index contributed by atoms with van der Waals surface area (Å²) in [5.74, 6) is -0.579. The topological polar surface area (TPSA) is 151 Å². The lowest BCUT2D eigenvalue weighted by atomic mass is 10.1. The SMILES string of the molecule is Cc1c([N+](=O)[O-])cc(C(=O)OC(C)C(=O)Nc2ccc(Oc3ccccc3)cc2)cc1[N+](=O)[O-]. The number of hydrogen-bond acceptors (Lipinski definition) is 8. The van der Waals surface area contributed by atoms with Crippen LogP contribution in [0.4, 0.5) is 17.1 Å². The number of amides is 1. The van der Waals surface area contributed by atoms with E-state index in [2.05, 4.69) is 5.32 Å². The van der Waals surface area contributed by atoms with Gasteiger partial charge in [0, 0.05) is 17.8 Å². The molecule has 3 aromatic rings. The van der Waals surface area contributed by atoms with Crippen molar-refractivity contribution in [2.45, 2.75) is 20.0 Å². The van der Waals surface area contributed by atoms with Gasteiger partial charge in [-0.05, 0) is 50.2 Å². The second kappa shape index (κ2) is 10.2. The van der Waals surface area contributed by atoms with Gasteiger partial charge in [-0.25, -0.2) is 4.79 Å². The number of hydrogen-bond donors (Lipinski definition) is 1. The summed E-state index contributed by atoms with van der Waals surface area (Å²) in [7, 11) is 0. The number of carbonyl (C=O) groups excluding carboxylic acids is 2.